The molecule has 2 unspecified atom stereocenters. The molecule has 2 saturated carbocycles. The lowest BCUT2D eigenvalue weighted by atomic mass is 9.69. The zero-order chi connectivity index (χ0) is 26.2. The van der Waals surface area contributed by atoms with Crippen LogP contribution in [0, 0.1) is 35.5 Å². The predicted octanol–water partition coefficient (Wildman–Crippen LogP) is 10.4. The molecule has 0 bridgehead atoms. The molecule has 0 amide bonds. The van der Waals surface area contributed by atoms with E-state index in [9.17, 15) is 4.79 Å². The van der Waals surface area contributed by atoms with E-state index in [1.165, 1.54) is 70.6 Å². The summed E-state index contributed by atoms with van der Waals surface area (Å²) in [7, 11) is 0. The molecule has 2 fully saturated rings. The summed E-state index contributed by atoms with van der Waals surface area (Å²) in [6.45, 7) is 21.5. The second-order valence-corrected chi connectivity index (χ2v) is 11.7. The fourth-order valence-corrected chi connectivity index (χ4v) is 5.72. The lowest BCUT2D eigenvalue weighted by Gasteiger charge is -2.37. The van der Waals surface area contributed by atoms with Crippen LogP contribution in [0.5, 0.6) is 0 Å². The van der Waals surface area contributed by atoms with Crippen molar-refractivity contribution in [1.29, 1.82) is 0 Å². The average molecular weight is 487 g/mol. The first kappa shape index (κ1) is 31.7. The van der Waals surface area contributed by atoms with Gasteiger partial charge in [-0.1, -0.05) is 111 Å². The number of carbonyl (C=O) groups is 1. The van der Waals surface area contributed by atoms with E-state index < -0.39 is 0 Å². The zero-order valence-corrected chi connectivity index (χ0v) is 24.2. The minimum Gasteiger partial charge on any atom is -0.427 e. The highest BCUT2D eigenvalue weighted by Gasteiger charge is 2.33. The Morgan fingerprint density at radius 2 is 1.40 bits per heavy atom. The molecule has 2 nitrogen and oxygen atoms in total. The van der Waals surface area contributed by atoms with Gasteiger partial charge in [0.15, 0.2) is 0 Å². The number of rotatable bonds is 12. The van der Waals surface area contributed by atoms with Gasteiger partial charge in [-0.3, -0.25) is 4.79 Å². The summed E-state index contributed by atoms with van der Waals surface area (Å²) in [5.41, 5.74) is 1.08. The fourth-order valence-electron chi connectivity index (χ4n) is 5.72. The molecule has 0 spiro atoms. The molecule has 202 valence electrons. The second-order valence-electron chi connectivity index (χ2n) is 11.7. The summed E-state index contributed by atoms with van der Waals surface area (Å²) in [6, 6.07) is 0. The van der Waals surface area contributed by atoms with Gasteiger partial charge in [-0.05, 0) is 80.6 Å². The maximum Gasteiger partial charge on any atom is 0.314 e. The molecule has 0 aromatic carbocycles. The van der Waals surface area contributed by atoms with Crippen LogP contribution in [0.25, 0.3) is 0 Å². The van der Waals surface area contributed by atoms with Crippen LogP contribution in [-0.4, -0.2) is 5.97 Å². The van der Waals surface area contributed by atoms with Crippen molar-refractivity contribution in [1.82, 2.24) is 0 Å². The largest absolute Gasteiger partial charge is 0.427 e. The Kier molecular flexibility index (Phi) is 16.3. The second kappa shape index (κ2) is 18.0. The number of ether oxygens (including phenoxy) is 1. The Hall–Kier alpha value is -1.31. The van der Waals surface area contributed by atoms with Crippen LogP contribution in [0.1, 0.15) is 131 Å². The molecule has 2 atom stereocenters. The van der Waals surface area contributed by atoms with Crippen molar-refractivity contribution in [3.8, 4) is 0 Å². The van der Waals surface area contributed by atoms with Crippen LogP contribution in [0.2, 0.25) is 0 Å². The molecule has 2 rings (SSSR count). The number of hydrogen-bond donors (Lipinski definition) is 0. The third-order valence-electron chi connectivity index (χ3n) is 8.50. The maximum atomic E-state index is 12.7. The standard InChI is InChI=1S/C30H50O2.C3H8/c1-7-9-26-14-16-27(17-15-26)28-18-20-29(21-19-28)30(31)32-25(6)13-12-24(5)23(4)11-10-22(3)8-2;1-3-2/h12-13,22-23,26-29H,5-11,14-21H2,1-4H3;3H2,1-2H3/b13-12-;. The van der Waals surface area contributed by atoms with E-state index >= 15 is 0 Å². The molecule has 0 aliphatic heterocycles. The quantitative estimate of drug-likeness (QED) is 0.156. The van der Waals surface area contributed by atoms with Gasteiger partial charge in [0.2, 0.25) is 0 Å². The van der Waals surface area contributed by atoms with Crippen LogP contribution < -0.4 is 0 Å². The van der Waals surface area contributed by atoms with E-state index in [-0.39, 0.29) is 11.9 Å². The smallest absolute Gasteiger partial charge is 0.314 e. The van der Waals surface area contributed by atoms with Crippen molar-refractivity contribution >= 4 is 5.97 Å². The number of allylic oxidation sites excluding steroid dienone is 3. The molecule has 2 heteroatoms. The summed E-state index contributed by atoms with van der Waals surface area (Å²) >= 11 is 0. The van der Waals surface area contributed by atoms with Crippen molar-refractivity contribution < 1.29 is 9.53 Å². The summed E-state index contributed by atoms with van der Waals surface area (Å²) in [6.07, 6.45) is 21.4. The predicted molar refractivity (Wildman–Crippen MR) is 153 cm³/mol. The molecule has 0 heterocycles. The van der Waals surface area contributed by atoms with Crippen LogP contribution in [0.3, 0.4) is 0 Å². The highest BCUT2D eigenvalue weighted by Crippen LogP contribution is 2.42. The molecule has 2 aliphatic carbocycles. The number of carbonyl (C=O) groups excluding carboxylic acids is 1. The van der Waals surface area contributed by atoms with Gasteiger partial charge in [0.25, 0.3) is 0 Å². The minimum atomic E-state index is -0.0832. The first-order valence-corrected chi connectivity index (χ1v) is 15.0. The molecular formula is C33H58O2. The average Bonchev–Trinajstić information content (AvgIpc) is 2.86. The molecule has 0 saturated heterocycles. The van der Waals surface area contributed by atoms with E-state index in [4.69, 9.17) is 4.74 Å². The first-order valence-electron chi connectivity index (χ1n) is 15.0. The van der Waals surface area contributed by atoms with Gasteiger partial charge in [-0.2, -0.15) is 0 Å². The van der Waals surface area contributed by atoms with Gasteiger partial charge in [0.1, 0.15) is 5.76 Å². The van der Waals surface area contributed by atoms with Crippen LogP contribution in [-0.2, 0) is 9.53 Å². The highest BCUT2D eigenvalue weighted by atomic mass is 16.5. The summed E-state index contributed by atoms with van der Waals surface area (Å²) in [4.78, 5) is 12.7. The Labute approximate surface area is 219 Å². The number of esters is 1. The van der Waals surface area contributed by atoms with Crippen molar-refractivity contribution in [2.24, 2.45) is 35.5 Å². The molecular weight excluding hydrogens is 428 g/mol. The Bertz CT molecular complexity index is 629. The normalized spacial score (nSPS) is 26.3. The fraction of sp³-hybridized carbons (Fsp3) is 0.788. The lowest BCUT2D eigenvalue weighted by Crippen LogP contribution is -2.29. The van der Waals surface area contributed by atoms with Gasteiger partial charge >= 0.3 is 5.97 Å². The first-order chi connectivity index (χ1) is 16.7. The third-order valence-corrected chi connectivity index (χ3v) is 8.50. The third kappa shape index (κ3) is 12.5. The van der Waals surface area contributed by atoms with Gasteiger partial charge < -0.3 is 4.74 Å². The number of hydrogen-bond acceptors (Lipinski definition) is 2. The minimum absolute atomic E-state index is 0.0467. The van der Waals surface area contributed by atoms with Gasteiger partial charge in [-0.25, -0.2) is 0 Å². The highest BCUT2D eigenvalue weighted by molar-refractivity contribution is 5.73. The molecule has 0 aromatic heterocycles. The molecule has 2 aliphatic rings. The summed E-state index contributed by atoms with van der Waals surface area (Å²) < 4.78 is 5.60. The Morgan fingerprint density at radius 3 is 1.91 bits per heavy atom. The van der Waals surface area contributed by atoms with E-state index in [2.05, 4.69) is 54.7 Å². The Balaban J connectivity index is 0.00000194. The summed E-state index contributed by atoms with van der Waals surface area (Å²) in [5, 5.41) is 0. The van der Waals surface area contributed by atoms with Gasteiger partial charge in [0, 0.05) is 0 Å². The van der Waals surface area contributed by atoms with E-state index in [1.54, 1.807) is 0 Å². The van der Waals surface area contributed by atoms with E-state index in [0.717, 1.165) is 48.5 Å². The van der Waals surface area contributed by atoms with E-state index in [0.29, 0.717) is 11.7 Å². The maximum absolute atomic E-state index is 12.7. The van der Waals surface area contributed by atoms with Crippen molar-refractivity contribution in [3.05, 3.63) is 36.6 Å². The zero-order valence-electron chi connectivity index (χ0n) is 24.2. The van der Waals surface area contributed by atoms with Crippen molar-refractivity contribution in [2.75, 3.05) is 0 Å². The van der Waals surface area contributed by atoms with Gasteiger partial charge in [0.05, 0.1) is 5.92 Å². The Morgan fingerprint density at radius 1 is 0.857 bits per heavy atom. The molecule has 0 N–H and O–H groups in total. The van der Waals surface area contributed by atoms with Gasteiger partial charge in [-0.15, -0.1) is 0 Å². The van der Waals surface area contributed by atoms with Crippen molar-refractivity contribution in [3.63, 3.8) is 0 Å². The molecule has 0 aromatic rings. The van der Waals surface area contributed by atoms with E-state index in [1.807, 2.05) is 12.2 Å². The molecule has 35 heavy (non-hydrogen) atoms. The van der Waals surface area contributed by atoms with Crippen LogP contribution in [0.4, 0.5) is 0 Å². The monoisotopic (exact) mass is 486 g/mol. The SMILES string of the molecule is C=C(/C=C\C(=C)C(C)CCC(C)CC)OC(=O)C1CCC(C2CCC(CCC)CC2)CC1.CCC. The van der Waals surface area contributed by atoms with Crippen molar-refractivity contribution in [2.45, 2.75) is 131 Å². The van der Waals surface area contributed by atoms with Crippen LogP contribution in [0.15, 0.2) is 36.6 Å². The summed E-state index contributed by atoms with van der Waals surface area (Å²) in [5.74, 6) is 4.30. The lowest BCUT2D eigenvalue weighted by molar-refractivity contribution is -0.145. The molecule has 0 radical (unpaired) electrons. The van der Waals surface area contributed by atoms with Crippen LogP contribution >= 0.6 is 0 Å². The topological polar surface area (TPSA) is 26.3 Å².